The highest BCUT2D eigenvalue weighted by atomic mass is 16.5. The second kappa shape index (κ2) is 6.29. The average molecular weight is 301 g/mol. The van der Waals surface area contributed by atoms with Crippen molar-refractivity contribution in [3.63, 3.8) is 0 Å². The number of β-amino-alcohol motifs (C(OH)–C–C–N with tert-alkyl or cyclic N) is 1. The van der Waals surface area contributed by atoms with Crippen LogP contribution in [0.3, 0.4) is 0 Å². The fourth-order valence-electron chi connectivity index (χ4n) is 2.52. The minimum absolute atomic E-state index is 0.250. The molecule has 1 aliphatic rings. The van der Waals surface area contributed by atoms with Gasteiger partial charge >= 0.3 is 6.03 Å². The summed E-state index contributed by atoms with van der Waals surface area (Å²) in [6, 6.07) is 9.35. The zero-order valence-electron chi connectivity index (χ0n) is 12.5. The number of pyridine rings is 1. The molecule has 2 N–H and O–H groups in total. The van der Waals surface area contributed by atoms with Gasteiger partial charge in [-0.3, -0.25) is 4.98 Å². The summed E-state index contributed by atoms with van der Waals surface area (Å²) in [6.45, 7) is 3.33. The molecule has 2 heterocycles. The molecule has 2 amide bonds. The maximum Gasteiger partial charge on any atom is 0.322 e. The number of carbonyl (C=O) groups excluding carboxylic acids is 1. The molecule has 0 bridgehead atoms. The van der Waals surface area contributed by atoms with Crippen molar-refractivity contribution in [2.24, 2.45) is 0 Å². The molecule has 0 spiro atoms. The lowest BCUT2D eigenvalue weighted by molar-refractivity contribution is 0.0575. The molecule has 1 atom stereocenters. The summed E-state index contributed by atoms with van der Waals surface area (Å²) in [5, 5.41) is 13.6. The van der Waals surface area contributed by atoms with Crippen LogP contribution in [0.25, 0.3) is 10.9 Å². The van der Waals surface area contributed by atoms with Crippen LogP contribution in [0.4, 0.5) is 10.5 Å². The molecule has 1 aromatic carbocycles. The first-order valence-electron chi connectivity index (χ1n) is 7.31. The number of nitrogens with zero attached hydrogens (tertiary/aromatic N) is 2. The number of nitrogens with one attached hydrogen (secondary N) is 1. The third-order valence-electron chi connectivity index (χ3n) is 3.64. The van der Waals surface area contributed by atoms with Crippen molar-refractivity contribution in [2.75, 3.05) is 31.6 Å². The number of rotatable bonds is 1. The fraction of sp³-hybridized carbons (Fsp3) is 0.375. The number of amides is 2. The number of fused-ring (bicyclic) bond motifs is 1. The molecule has 22 heavy (non-hydrogen) atoms. The van der Waals surface area contributed by atoms with E-state index in [9.17, 15) is 9.90 Å². The molecule has 3 rings (SSSR count). The number of aliphatic hydroxyl groups is 1. The maximum absolute atomic E-state index is 12.4. The van der Waals surface area contributed by atoms with Crippen molar-refractivity contribution in [2.45, 2.75) is 13.0 Å². The van der Waals surface area contributed by atoms with Crippen LogP contribution in [0.1, 0.15) is 5.69 Å². The van der Waals surface area contributed by atoms with E-state index in [-0.39, 0.29) is 19.2 Å². The van der Waals surface area contributed by atoms with Crippen molar-refractivity contribution in [3.8, 4) is 0 Å². The van der Waals surface area contributed by atoms with Gasteiger partial charge in [-0.25, -0.2) is 4.79 Å². The van der Waals surface area contributed by atoms with Gasteiger partial charge in [0.2, 0.25) is 0 Å². The number of carbonyl (C=O) groups is 1. The van der Waals surface area contributed by atoms with Crippen LogP contribution in [0.5, 0.6) is 0 Å². The van der Waals surface area contributed by atoms with Gasteiger partial charge in [0, 0.05) is 17.6 Å². The molecule has 0 unspecified atom stereocenters. The Balaban J connectivity index is 1.83. The van der Waals surface area contributed by atoms with E-state index in [1.807, 2.05) is 37.3 Å². The maximum atomic E-state index is 12.4. The summed E-state index contributed by atoms with van der Waals surface area (Å²) >= 11 is 0. The van der Waals surface area contributed by atoms with E-state index in [2.05, 4.69) is 10.3 Å². The molecule has 0 radical (unpaired) electrons. The second-order valence-corrected chi connectivity index (χ2v) is 5.43. The molecule has 116 valence electrons. The summed E-state index contributed by atoms with van der Waals surface area (Å²) in [5.74, 6) is 0. The van der Waals surface area contributed by atoms with E-state index in [0.29, 0.717) is 18.8 Å². The van der Waals surface area contributed by atoms with Crippen molar-refractivity contribution in [1.82, 2.24) is 9.88 Å². The highest BCUT2D eigenvalue weighted by Gasteiger charge is 2.21. The van der Waals surface area contributed by atoms with Gasteiger partial charge in [0.25, 0.3) is 0 Å². The minimum atomic E-state index is -0.652. The zero-order valence-corrected chi connectivity index (χ0v) is 12.5. The van der Waals surface area contributed by atoms with Crippen LogP contribution in [0.15, 0.2) is 30.3 Å². The van der Waals surface area contributed by atoms with Crippen molar-refractivity contribution in [1.29, 1.82) is 0 Å². The van der Waals surface area contributed by atoms with Gasteiger partial charge < -0.3 is 20.1 Å². The molecule has 1 fully saturated rings. The van der Waals surface area contributed by atoms with Crippen LogP contribution < -0.4 is 5.32 Å². The van der Waals surface area contributed by atoms with Crippen LogP contribution in [-0.4, -0.2) is 53.4 Å². The number of hydrogen-bond acceptors (Lipinski definition) is 4. The number of ether oxygens (including phenoxy) is 1. The van der Waals surface area contributed by atoms with E-state index >= 15 is 0 Å². The first-order chi connectivity index (χ1) is 10.6. The Kier molecular flexibility index (Phi) is 4.22. The number of benzene rings is 1. The van der Waals surface area contributed by atoms with Crippen molar-refractivity contribution < 1.29 is 14.6 Å². The molecular weight excluding hydrogens is 282 g/mol. The van der Waals surface area contributed by atoms with Gasteiger partial charge in [-0.15, -0.1) is 0 Å². The van der Waals surface area contributed by atoms with Gasteiger partial charge in [0.15, 0.2) is 0 Å². The van der Waals surface area contributed by atoms with Gasteiger partial charge in [0.05, 0.1) is 37.1 Å². The van der Waals surface area contributed by atoms with E-state index < -0.39 is 6.10 Å². The third-order valence-corrected chi connectivity index (χ3v) is 3.64. The Morgan fingerprint density at radius 1 is 1.41 bits per heavy atom. The van der Waals surface area contributed by atoms with Gasteiger partial charge in [0.1, 0.15) is 0 Å². The predicted molar refractivity (Wildman–Crippen MR) is 83.9 cm³/mol. The molecule has 6 nitrogen and oxygen atoms in total. The van der Waals surface area contributed by atoms with E-state index in [1.54, 1.807) is 4.90 Å². The first-order valence-corrected chi connectivity index (χ1v) is 7.31. The van der Waals surface area contributed by atoms with Crippen LogP contribution >= 0.6 is 0 Å². The molecule has 2 aromatic rings. The number of hydrogen-bond donors (Lipinski definition) is 2. The number of aryl methyl sites for hydroxylation is 1. The molecule has 1 aromatic heterocycles. The molecule has 0 saturated carbocycles. The quantitative estimate of drug-likeness (QED) is 0.842. The monoisotopic (exact) mass is 301 g/mol. The zero-order chi connectivity index (χ0) is 15.5. The molecule has 1 aliphatic heterocycles. The van der Waals surface area contributed by atoms with Crippen molar-refractivity contribution >= 4 is 22.6 Å². The highest BCUT2D eigenvalue weighted by Crippen LogP contribution is 2.22. The summed E-state index contributed by atoms with van der Waals surface area (Å²) in [6.07, 6.45) is -0.652. The lowest BCUT2D eigenvalue weighted by Crippen LogP contribution is -2.40. The Labute approximate surface area is 128 Å². The number of aliphatic hydroxyl groups excluding tert-OH is 1. The molecule has 6 heteroatoms. The lowest BCUT2D eigenvalue weighted by atomic mass is 10.2. The highest BCUT2D eigenvalue weighted by molar-refractivity contribution is 5.99. The summed E-state index contributed by atoms with van der Waals surface area (Å²) in [4.78, 5) is 18.5. The number of aromatic nitrogens is 1. The normalized spacial score (nSPS) is 19.0. The molecular formula is C16H19N3O3. The van der Waals surface area contributed by atoms with Crippen molar-refractivity contribution in [3.05, 3.63) is 36.0 Å². The van der Waals surface area contributed by atoms with Crippen LogP contribution in [0, 0.1) is 6.92 Å². The van der Waals surface area contributed by atoms with Crippen LogP contribution in [-0.2, 0) is 4.74 Å². The Morgan fingerprint density at radius 2 is 2.27 bits per heavy atom. The SMILES string of the molecule is Cc1ccc2cccc(NC(=O)N3CCOC[C@H](O)C3)c2n1. The summed E-state index contributed by atoms with van der Waals surface area (Å²) in [7, 11) is 0. The average Bonchev–Trinajstić information content (AvgIpc) is 2.72. The summed E-state index contributed by atoms with van der Waals surface area (Å²) in [5.41, 5.74) is 2.33. The first kappa shape index (κ1) is 14.7. The molecule has 1 saturated heterocycles. The van der Waals surface area contributed by atoms with Gasteiger partial charge in [-0.1, -0.05) is 18.2 Å². The summed E-state index contributed by atoms with van der Waals surface area (Å²) < 4.78 is 5.24. The third kappa shape index (κ3) is 3.18. The Bertz CT molecular complexity index is 689. The number of para-hydroxylation sites is 1. The second-order valence-electron chi connectivity index (χ2n) is 5.43. The Hall–Kier alpha value is -2.18. The largest absolute Gasteiger partial charge is 0.389 e. The topological polar surface area (TPSA) is 74.7 Å². The van der Waals surface area contributed by atoms with E-state index in [4.69, 9.17) is 4.74 Å². The van der Waals surface area contributed by atoms with E-state index in [1.165, 1.54) is 0 Å². The Morgan fingerprint density at radius 3 is 3.14 bits per heavy atom. The van der Waals surface area contributed by atoms with Gasteiger partial charge in [-0.2, -0.15) is 0 Å². The van der Waals surface area contributed by atoms with Gasteiger partial charge in [-0.05, 0) is 19.1 Å². The van der Waals surface area contributed by atoms with Crippen LogP contribution in [0.2, 0.25) is 0 Å². The number of anilines is 1. The fourth-order valence-corrected chi connectivity index (χ4v) is 2.52. The molecule has 0 aliphatic carbocycles. The number of urea groups is 1. The van der Waals surface area contributed by atoms with E-state index in [0.717, 1.165) is 16.6 Å². The minimum Gasteiger partial charge on any atom is -0.389 e. The lowest BCUT2D eigenvalue weighted by Gasteiger charge is -2.22. The predicted octanol–water partition coefficient (Wildman–Crippen LogP) is 1.77. The standard InChI is InChI=1S/C16H19N3O3/c1-11-5-6-12-3-2-4-14(15(12)17-11)18-16(21)19-7-8-22-10-13(20)9-19/h2-6,13,20H,7-10H2,1H3,(H,18,21)/t13-/m1/s1. The smallest absolute Gasteiger partial charge is 0.322 e.